The minimum absolute atomic E-state index is 0. The molecule has 0 atom stereocenters. The number of rotatable bonds is 4. The summed E-state index contributed by atoms with van der Waals surface area (Å²) in [5.74, 6) is -0.132. The molecule has 0 aromatic carbocycles. The molecule has 1 heterocycles. The van der Waals surface area contributed by atoms with E-state index < -0.39 is 0 Å². The zero-order chi connectivity index (χ0) is 10.6. The average molecular weight is 267 g/mol. The Morgan fingerprint density at radius 1 is 1.50 bits per heavy atom. The summed E-state index contributed by atoms with van der Waals surface area (Å²) in [5, 5.41) is 1.81. The van der Waals surface area contributed by atoms with Crippen LogP contribution in [0.4, 0.5) is 0 Å². The summed E-state index contributed by atoms with van der Waals surface area (Å²) in [4.78, 5) is 27.4. The van der Waals surface area contributed by atoms with Crippen molar-refractivity contribution in [1.29, 1.82) is 0 Å². The van der Waals surface area contributed by atoms with Crippen LogP contribution >= 0.6 is 11.3 Å². The van der Waals surface area contributed by atoms with Crippen molar-refractivity contribution in [2.75, 3.05) is 13.1 Å². The predicted molar refractivity (Wildman–Crippen MR) is 56.1 cm³/mol. The van der Waals surface area contributed by atoms with E-state index >= 15 is 0 Å². The van der Waals surface area contributed by atoms with Crippen molar-refractivity contribution in [3.05, 3.63) is 16.1 Å². The van der Waals surface area contributed by atoms with E-state index in [0.29, 0.717) is 18.8 Å². The zero-order valence-electron chi connectivity index (χ0n) is 9.56. The van der Waals surface area contributed by atoms with Gasteiger partial charge in [-0.1, -0.05) is 0 Å². The number of thiazole rings is 1. The van der Waals surface area contributed by atoms with Crippen molar-refractivity contribution in [3.8, 4) is 0 Å². The molecule has 0 unspecified atom stereocenters. The van der Waals surface area contributed by atoms with Crippen LogP contribution in [0.2, 0.25) is 0 Å². The van der Waals surface area contributed by atoms with E-state index in [1.54, 1.807) is 16.6 Å². The van der Waals surface area contributed by atoms with E-state index in [4.69, 9.17) is 0 Å². The summed E-state index contributed by atoms with van der Waals surface area (Å²) in [6.45, 7) is 5.10. The molecule has 7 heteroatoms. The van der Waals surface area contributed by atoms with Gasteiger partial charge in [-0.2, -0.15) is 11.3 Å². The number of hydrogen-bond acceptors (Lipinski definition) is 5. The molecule has 0 bridgehead atoms. The molecule has 1 aromatic heterocycles. The summed E-state index contributed by atoms with van der Waals surface area (Å²) in [6, 6.07) is 0. The standard InChI is InChI=1S/C9H11N2O2S.K.H2O/c1-3-11(4-2)9(13)7-6-14-8(5-12)10-7;;/h6H,3-4H2,1-2H3;;1H2/q-1;+1;/p-1. The average Bonchev–Trinajstić information content (AvgIpc) is 2.67. The summed E-state index contributed by atoms with van der Waals surface area (Å²) >= 11 is 1.13. The number of nitrogens with zero attached hydrogens (tertiary/aromatic N) is 2. The number of amides is 1. The van der Waals surface area contributed by atoms with Crippen molar-refractivity contribution in [2.45, 2.75) is 13.8 Å². The normalized spacial score (nSPS) is 8.62. The molecule has 0 aliphatic carbocycles. The molecule has 1 aromatic rings. The minimum atomic E-state index is -0.132. The van der Waals surface area contributed by atoms with Crippen LogP contribution < -0.4 is 51.4 Å². The SMILES string of the molecule is CCN(CC)C(=O)c1csc([C-]=O)n1.[K+].[OH-]. The van der Waals surface area contributed by atoms with Gasteiger partial charge in [0.1, 0.15) is 5.69 Å². The van der Waals surface area contributed by atoms with E-state index in [1.165, 1.54) is 0 Å². The monoisotopic (exact) mass is 267 g/mol. The molecule has 0 saturated carbocycles. The van der Waals surface area contributed by atoms with Gasteiger partial charge >= 0.3 is 51.4 Å². The molecular weight excluding hydrogens is 255 g/mol. The molecule has 0 spiro atoms. The van der Waals surface area contributed by atoms with Crippen LogP contribution in [-0.4, -0.2) is 40.6 Å². The van der Waals surface area contributed by atoms with Gasteiger partial charge in [0.2, 0.25) is 0 Å². The number of carbonyl (C=O) groups excluding carboxylic acids is 2. The van der Waals surface area contributed by atoms with E-state index in [1.807, 2.05) is 13.8 Å². The Morgan fingerprint density at radius 2 is 2.06 bits per heavy atom. The maximum absolute atomic E-state index is 11.7. The first kappa shape index (κ1) is 18.7. The van der Waals surface area contributed by atoms with Gasteiger partial charge in [0.25, 0.3) is 5.91 Å². The zero-order valence-corrected chi connectivity index (χ0v) is 13.5. The van der Waals surface area contributed by atoms with Crippen LogP contribution in [0, 0.1) is 0 Å². The van der Waals surface area contributed by atoms with Crippen LogP contribution in [0.3, 0.4) is 0 Å². The van der Waals surface area contributed by atoms with Crippen LogP contribution in [0.1, 0.15) is 29.3 Å². The van der Waals surface area contributed by atoms with Gasteiger partial charge in [0.05, 0.1) is 0 Å². The van der Waals surface area contributed by atoms with Gasteiger partial charge in [-0.3, -0.25) is 9.78 Å². The van der Waals surface area contributed by atoms with Crippen molar-refractivity contribution >= 4 is 23.5 Å². The van der Waals surface area contributed by atoms with Crippen molar-refractivity contribution in [1.82, 2.24) is 9.88 Å². The molecule has 0 saturated heterocycles. The van der Waals surface area contributed by atoms with Crippen molar-refractivity contribution in [3.63, 3.8) is 0 Å². The summed E-state index contributed by atoms with van der Waals surface area (Å²) in [5.41, 5.74) is 0.331. The molecule has 1 amide bonds. The Kier molecular flexibility index (Phi) is 11.0. The van der Waals surface area contributed by atoms with E-state index in [9.17, 15) is 9.59 Å². The van der Waals surface area contributed by atoms with Crippen LogP contribution in [0.25, 0.3) is 0 Å². The molecule has 1 N–H and O–H groups in total. The Morgan fingerprint density at radius 3 is 2.44 bits per heavy atom. The molecule has 0 aliphatic rings. The third kappa shape index (κ3) is 4.70. The first-order valence-corrected chi connectivity index (χ1v) is 5.23. The second kappa shape index (κ2) is 9.40. The first-order valence-electron chi connectivity index (χ1n) is 4.35. The van der Waals surface area contributed by atoms with Crippen LogP contribution in [0.15, 0.2) is 5.38 Å². The quantitative estimate of drug-likeness (QED) is 0.463. The maximum atomic E-state index is 11.7. The van der Waals surface area contributed by atoms with E-state index in [-0.39, 0.29) is 67.8 Å². The summed E-state index contributed by atoms with van der Waals surface area (Å²) in [7, 11) is 0. The van der Waals surface area contributed by atoms with Gasteiger partial charge in [0, 0.05) is 18.5 Å². The van der Waals surface area contributed by atoms with Gasteiger partial charge in [0.15, 0.2) is 0 Å². The largest absolute Gasteiger partial charge is 1.00 e. The Hall–Kier alpha value is 0.366. The molecule has 16 heavy (non-hydrogen) atoms. The number of aromatic nitrogens is 1. The van der Waals surface area contributed by atoms with E-state index in [0.717, 1.165) is 11.3 Å². The number of hydrogen-bond donors (Lipinski definition) is 0. The van der Waals surface area contributed by atoms with Crippen LogP contribution in [-0.2, 0) is 4.79 Å². The fourth-order valence-corrected chi connectivity index (χ4v) is 1.67. The Labute approximate surface area is 141 Å². The van der Waals surface area contributed by atoms with Gasteiger partial charge in [-0.15, -0.1) is 0 Å². The second-order valence-corrected chi connectivity index (χ2v) is 3.48. The van der Waals surface area contributed by atoms with Crippen molar-refractivity contribution in [2.24, 2.45) is 0 Å². The third-order valence-electron chi connectivity index (χ3n) is 1.86. The molecule has 1 rings (SSSR count). The van der Waals surface area contributed by atoms with Gasteiger partial charge in [-0.05, 0) is 18.9 Å². The smallest absolute Gasteiger partial charge is 0.870 e. The Balaban J connectivity index is 0. The molecule has 0 radical (unpaired) electrons. The molecule has 0 fully saturated rings. The van der Waals surface area contributed by atoms with Gasteiger partial charge < -0.3 is 15.2 Å². The second-order valence-electron chi connectivity index (χ2n) is 2.62. The molecular formula is C9H12KN2O3S-. The fourth-order valence-electron chi connectivity index (χ4n) is 1.09. The number of carbonyl (C=O) groups is 1. The molecule has 0 aliphatic heterocycles. The molecule has 5 nitrogen and oxygen atoms in total. The van der Waals surface area contributed by atoms with Crippen molar-refractivity contribution < 1.29 is 66.4 Å². The minimum Gasteiger partial charge on any atom is -0.870 e. The summed E-state index contributed by atoms with van der Waals surface area (Å²) in [6.07, 6.45) is 1.66. The van der Waals surface area contributed by atoms with Crippen LogP contribution in [0.5, 0.6) is 0 Å². The molecule has 84 valence electrons. The Bertz CT molecular complexity index is 339. The maximum Gasteiger partial charge on any atom is 1.00 e. The van der Waals surface area contributed by atoms with Gasteiger partial charge in [-0.25, -0.2) is 6.29 Å². The third-order valence-corrected chi connectivity index (χ3v) is 2.60. The summed E-state index contributed by atoms with van der Waals surface area (Å²) < 4.78 is 0. The fraction of sp³-hybridized carbons (Fsp3) is 0.444. The first-order chi connectivity index (χ1) is 6.72. The topological polar surface area (TPSA) is 80.3 Å². The predicted octanol–water partition coefficient (Wildman–Crippen LogP) is -2.09. The van der Waals surface area contributed by atoms with E-state index in [2.05, 4.69) is 4.98 Å².